The zero-order chi connectivity index (χ0) is 12.8. The van der Waals surface area contributed by atoms with E-state index in [2.05, 4.69) is 24.1 Å². The number of hydrogen-bond donors (Lipinski definition) is 2. The molecule has 1 aliphatic heterocycles. The van der Waals surface area contributed by atoms with E-state index in [1.807, 2.05) is 0 Å². The van der Waals surface area contributed by atoms with Crippen molar-refractivity contribution in [3.63, 3.8) is 0 Å². The van der Waals surface area contributed by atoms with Crippen LogP contribution in [0.5, 0.6) is 0 Å². The average molecular weight is 252 g/mol. The van der Waals surface area contributed by atoms with Crippen LogP contribution in [0.3, 0.4) is 0 Å². The fourth-order valence-corrected chi connectivity index (χ4v) is 4.08. The first kappa shape index (κ1) is 12.9. The summed E-state index contributed by atoms with van der Waals surface area (Å²) in [6, 6.07) is 2.81. The third-order valence-electron chi connectivity index (χ3n) is 5.52. The first-order valence-corrected chi connectivity index (χ1v) is 7.75. The third-order valence-corrected chi connectivity index (χ3v) is 5.52. The van der Waals surface area contributed by atoms with Crippen LogP contribution in [0.15, 0.2) is 0 Å². The Balaban J connectivity index is 1.57. The molecule has 3 heteroatoms. The van der Waals surface area contributed by atoms with Crippen molar-refractivity contribution in [1.82, 2.24) is 10.2 Å². The highest BCUT2D eigenvalue weighted by molar-refractivity contribution is 5.00. The highest BCUT2D eigenvalue weighted by Crippen LogP contribution is 2.39. The molecule has 0 aromatic rings. The Morgan fingerprint density at radius 2 is 2.11 bits per heavy atom. The number of rotatable bonds is 4. The van der Waals surface area contributed by atoms with Crippen molar-refractivity contribution in [2.45, 2.75) is 76.5 Å². The van der Waals surface area contributed by atoms with Crippen LogP contribution in [-0.2, 0) is 0 Å². The molecule has 2 saturated carbocycles. The number of nitrogens with zero attached hydrogens (tertiary/aromatic N) is 1. The zero-order valence-corrected chi connectivity index (χ0v) is 11.9. The maximum atomic E-state index is 9.62. The summed E-state index contributed by atoms with van der Waals surface area (Å²) in [6.45, 7) is 6.18. The topological polar surface area (TPSA) is 35.5 Å². The fourth-order valence-electron chi connectivity index (χ4n) is 4.08. The normalized spacial score (nSPS) is 45.8. The Labute approximate surface area is 111 Å². The maximum absolute atomic E-state index is 9.62. The van der Waals surface area contributed by atoms with Gasteiger partial charge in [0.1, 0.15) is 0 Å². The second-order valence-electron chi connectivity index (χ2n) is 7.13. The van der Waals surface area contributed by atoms with Crippen molar-refractivity contribution in [3.8, 4) is 0 Å². The summed E-state index contributed by atoms with van der Waals surface area (Å²) in [6.07, 6.45) is 7.79. The predicted octanol–water partition coefficient (Wildman–Crippen LogP) is 1.75. The molecule has 0 bridgehead atoms. The molecule has 3 fully saturated rings. The number of likely N-dealkylation sites (tertiary alicyclic amines) is 1. The molecule has 0 aromatic heterocycles. The smallest absolute Gasteiger partial charge is 0.0499 e. The van der Waals surface area contributed by atoms with Gasteiger partial charge in [0.15, 0.2) is 0 Å². The van der Waals surface area contributed by atoms with Crippen molar-refractivity contribution in [2.24, 2.45) is 5.41 Å². The van der Waals surface area contributed by atoms with Crippen molar-refractivity contribution >= 4 is 0 Å². The van der Waals surface area contributed by atoms with E-state index in [0.29, 0.717) is 18.7 Å². The Morgan fingerprint density at radius 3 is 2.78 bits per heavy atom. The molecule has 4 unspecified atom stereocenters. The maximum Gasteiger partial charge on any atom is 0.0499 e. The van der Waals surface area contributed by atoms with Gasteiger partial charge in [-0.05, 0) is 39.0 Å². The number of nitrogens with one attached hydrogen (secondary N) is 1. The van der Waals surface area contributed by atoms with Crippen molar-refractivity contribution in [1.29, 1.82) is 0 Å². The van der Waals surface area contributed by atoms with E-state index in [1.165, 1.54) is 45.1 Å². The molecular formula is C15H28N2O. The summed E-state index contributed by atoms with van der Waals surface area (Å²) in [4.78, 5) is 2.70. The van der Waals surface area contributed by atoms with Crippen LogP contribution in [0.25, 0.3) is 0 Å². The van der Waals surface area contributed by atoms with Crippen LogP contribution in [0.2, 0.25) is 0 Å². The van der Waals surface area contributed by atoms with Gasteiger partial charge in [0, 0.05) is 42.7 Å². The standard InChI is InChI=1S/C15H28N2O/c1-11-8-12(9-17(11)13-5-6-13)16-14-4-3-7-15(14,2)10-18/h11-14,16,18H,3-10H2,1-2H3. The number of aliphatic hydroxyl groups is 1. The lowest BCUT2D eigenvalue weighted by Crippen LogP contribution is -2.47. The van der Waals surface area contributed by atoms with E-state index in [9.17, 15) is 5.11 Å². The van der Waals surface area contributed by atoms with Gasteiger partial charge in [0.05, 0.1) is 0 Å². The summed E-state index contributed by atoms with van der Waals surface area (Å²) in [5, 5.41) is 13.5. The summed E-state index contributed by atoms with van der Waals surface area (Å²) >= 11 is 0. The summed E-state index contributed by atoms with van der Waals surface area (Å²) in [5.41, 5.74) is 0.121. The van der Waals surface area contributed by atoms with E-state index >= 15 is 0 Å². The van der Waals surface area contributed by atoms with Crippen LogP contribution in [0, 0.1) is 5.41 Å². The highest BCUT2D eigenvalue weighted by atomic mass is 16.3. The van der Waals surface area contributed by atoms with Gasteiger partial charge < -0.3 is 10.4 Å². The SMILES string of the molecule is CC1CC(NC2CCCC2(C)CO)CN1C1CC1. The molecule has 0 spiro atoms. The quantitative estimate of drug-likeness (QED) is 0.800. The Kier molecular flexibility index (Phi) is 3.41. The van der Waals surface area contributed by atoms with Gasteiger partial charge in [0.25, 0.3) is 0 Å². The molecular weight excluding hydrogens is 224 g/mol. The Hall–Kier alpha value is -0.120. The predicted molar refractivity (Wildman–Crippen MR) is 73.6 cm³/mol. The molecule has 0 aromatic carbocycles. The minimum absolute atomic E-state index is 0.121. The lowest BCUT2D eigenvalue weighted by molar-refractivity contribution is 0.113. The van der Waals surface area contributed by atoms with Crippen LogP contribution in [-0.4, -0.2) is 47.3 Å². The van der Waals surface area contributed by atoms with Crippen molar-refractivity contribution in [2.75, 3.05) is 13.2 Å². The van der Waals surface area contributed by atoms with Crippen LogP contribution in [0.4, 0.5) is 0 Å². The van der Waals surface area contributed by atoms with Gasteiger partial charge in [-0.25, -0.2) is 0 Å². The van der Waals surface area contributed by atoms with E-state index in [-0.39, 0.29) is 5.41 Å². The highest BCUT2D eigenvalue weighted by Gasteiger charge is 2.43. The lowest BCUT2D eigenvalue weighted by Gasteiger charge is -2.32. The zero-order valence-electron chi connectivity index (χ0n) is 11.9. The molecule has 3 rings (SSSR count). The van der Waals surface area contributed by atoms with E-state index < -0.39 is 0 Å². The van der Waals surface area contributed by atoms with Crippen LogP contribution < -0.4 is 5.32 Å². The van der Waals surface area contributed by atoms with E-state index in [0.717, 1.165) is 12.1 Å². The number of aliphatic hydroxyl groups excluding tert-OH is 1. The fraction of sp³-hybridized carbons (Fsp3) is 1.00. The third kappa shape index (κ3) is 2.33. The summed E-state index contributed by atoms with van der Waals surface area (Å²) in [5.74, 6) is 0. The second-order valence-corrected chi connectivity index (χ2v) is 7.13. The van der Waals surface area contributed by atoms with Crippen molar-refractivity contribution in [3.05, 3.63) is 0 Å². The molecule has 104 valence electrons. The average Bonchev–Trinajstić information content (AvgIpc) is 3.04. The van der Waals surface area contributed by atoms with Gasteiger partial charge in [-0.2, -0.15) is 0 Å². The molecule has 2 N–H and O–H groups in total. The molecule has 3 aliphatic rings. The van der Waals surface area contributed by atoms with Gasteiger partial charge in [-0.1, -0.05) is 13.3 Å². The summed E-state index contributed by atoms with van der Waals surface area (Å²) in [7, 11) is 0. The van der Waals surface area contributed by atoms with E-state index in [4.69, 9.17) is 0 Å². The van der Waals surface area contributed by atoms with Gasteiger partial charge in [-0.15, -0.1) is 0 Å². The second kappa shape index (κ2) is 4.77. The van der Waals surface area contributed by atoms with E-state index in [1.54, 1.807) is 0 Å². The summed E-state index contributed by atoms with van der Waals surface area (Å²) < 4.78 is 0. The van der Waals surface area contributed by atoms with Crippen LogP contribution in [0.1, 0.15) is 52.4 Å². The largest absolute Gasteiger partial charge is 0.396 e. The molecule has 1 heterocycles. The molecule has 4 atom stereocenters. The number of hydrogen-bond acceptors (Lipinski definition) is 3. The van der Waals surface area contributed by atoms with Gasteiger partial charge in [0.2, 0.25) is 0 Å². The lowest BCUT2D eigenvalue weighted by atomic mass is 9.85. The minimum Gasteiger partial charge on any atom is -0.396 e. The molecule has 2 aliphatic carbocycles. The van der Waals surface area contributed by atoms with Crippen LogP contribution >= 0.6 is 0 Å². The Bertz CT molecular complexity index is 305. The van der Waals surface area contributed by atoms with Crippen molar-refractivity contribution < 1.29 is 5.11 Å². The molecule has 1 saturated heterocycles. The molecule has 0 radical (unpaired) electrons. The molecule has 18 heavy (non-hydrogen) atoms. The Morgan fingerprint density at radius 1 is 1.33 bits per heavy atom. The minimum atomic E-state index is 0.121. The van der Waals surface area contributed by atoms with Gasteiger partial charge in [-0.3, -0.25) is 4.90 Å². The first-order valence-electron chi connectivity index (χ1n) is 7.75. The molecule has 3 nitrogen and oxygen atoms in total. The monoisotopic (exact) mass is 252 g/mol. The molecule has 0 amide bonds. The first-order chi connectivity index (χ1) is 8.62. The van der Waals surface area contributed by atoms with Gasteiger partial charge >= 0.3 is 0 Å².